The van der Waals surface area contributed by atoms with E-state index < -0.39 is 10.0 Å². The summed E-state index contributed by atoms with van der Waals surface area (Å²) in [5.74, 6) is 0. The molecule has 0 aliphatic heterocycles. The monoisotopic (exact) mass is 394 g/mol. The van der Waals surface area contributed by atoms with Crippen LogP contribution in [0.25, 0.3) is 0 Å². The van der Waals surface area contributed by atoms with Gasteiger partial charge in [-0.1, -0.05) is 15.9 Å². The first-order chi connectivity index (χ1) is 8.30. The van der Waals surface area contributed by atoms with Crippen LogP contribution in [0.4, 0.5) is 0 Å². The largest absolute Gasteiger partial charge is 0.244 e. The highest BCUT2D eigenvalue weighted by atomic mass is 79.9. The van der Waals surface area contributed by atoms with Crippen LogP contribution in [-0.4, -0.2) is 26.3 Å². The van der Waals surface area contributed by atoms with Gasteiger partial charge >= 0.3 is 0 Å². The van der Waals surface area contributed by atoms with E-state index in [-0.39, 0.29) is 17.9 Å². The molecule has 0 aliphatic carbocycles. The summed E-state index contributed by atoms with van der Waals surface area (Å²) >= 11 is 6.58. The van der Waals surface area contributed by atoms with E-state index in [1.54, 1.807) is 12.1 Å². The van der Waals surface area contributed by atoms with E-state index >= 15 is 0 Å². The summed E-state index contributed by atoms with van der Waals surface area (Å²) in [5, 5.41) is 8.50. The van der Waals surface area contributed by atoms with Crippen LogP contribution in [0.2, 0.25) is 0 Å². The lowest BCUT2D eigenvalue weighted by Crippen LogP contribution is -2.28. The number of nitriles is 1. The van der Waals surface area contributed by atoms with Gasteiger partial charge in [0.05, 0.1) is 11.0 Å². The predicted octanol–water partition coefficient (Wildman–Crippen LogP) is 3.05. The van der Waals surface area contributed by atoms with Gasteiger partial charge in [-0.2, -0.15) is 9.57 Å². The van der Waals surface area contributed by atoms with Crippen molar-refractivity contribution in [3.8, 4) is 6.07 Å². The molecule has 1 aromatic rings. The zero-order valence-electron chi connectivity index (χ0n) is 9.94. The number of halogens is 2. The highest BCUT2D eigenvalue weighted by Crippen LogP contribution is 2.30. The second kappa shape index (κ2) is 6.15. The first kappa shape index (κ1) is 15.6. The van der Waals surface area contributed by atoms with Crippen molar-refractivity contribution in [1.82, 2.24) is 4.31 Å². The molecule has 0 aliphatic rings. The van der Waals surface area contributed by atoms with Crippen molar-refractivity contribution in [2.45, 2.75) is 18.2 Å². The molecule has 4 nitrogen and oxygen atoms in total. The summed E-state index contributed by atoms with van der Waals surface area (Å²) in [6.07, 6.45) is 0.167. The lowest BCUT2D eigenvalue weighted by atomic mass is 10.2. The van der Waals surface area contributed by atoms with Gasteiger partial charge in [0.25, 0.3) is 0 Å². The third kappa shape index (κ3) is 3.32. The maximum Gasteiger partial charge on any atom is 0.244 e. The topological polar surface area (TPSA) is 61.2 Å². The quantitative estimate of drug-likeness (QED) is 0.786. The Labute approximate surface area is 124 Å². The number of hydrogen-bond acceptors (Lipinski definition) is 3. The minimum atomic E-state index is -3.58. The van der Waals surface area contributed by atoms with Gasteiger partial charge in [0, 0.05) is 29.0 Å². The highest BCUT2D eigenvalue weighted by Gasteiger charge is 2.23. The summed E-state index contributed by atoms with van der Waals surface area (Å²) < 4.78 is 27.0. The molecule has 0 N–H and O–H groups in total. The normalized spacial score (nSPS) is 11.6. The van der Waals surface area contributed by atoms with E-state index in [0.29, 0.717) is 4.47 Å². The van der Waals surface area contributed by atoms with Gasteiger partial charge in [-0.15, -0.1) is 0 Å². The molecule has 0 spiro atoms. The maximum atomic E-state index is 12.3. The summed E-state index contributed by atoms with van der Waals surface area (Å²) in [5.41, 5.74) is 0.945. The molecule has 0 saturated carbocycles. The van der Waals surface area contributed by atoms with E-state index in [1.165, 1.54) is 11.4 Å². The van der Waals surface area contributed by atoms with Crippen LogP contribution in [0.3, 0.4) is 0 Å². The number of benzene rings is 1. The fourth-order valence-corrected chi connectivity index (χ4v) is 4.13. The molecule has 0 amide bonds. The Morgan fingerprint density at radius 1 is 1.33 bits per heavy atom. The Kier molecular flexibility index (Phi) is 5.34. The van der Waals surface area contributed by atoms with Gasteiger partial charge in [-0.3, -0.25) is 0 Å². The Morgan fingerprint density at radius 3 is 2.50 bits per heavy atom. The van der Waals surface area contributed by atoms with Crippen LogP contribution < -0.4 is 0 Å². The van der Waals surface area contributed by atoms with Gasteiger partial charge < -0.3 is 0 Å². The summed E-state index contributed by atoms with van der Waals surface area (Å²) in [6, 6.07) is 5.24. The number of rotatable bonds is 4. The molecule has 0 atom stereocenters. The van der Waals surface area contributed by atoms with Crippen molar-refractivity contribution in [3.05, 3.63) is 26.6 Å². The van der Waals surface area contributed by atoms with Crippen LogP contribution in [0, 0.1) is 18.3 Å². The van der Waals surface area contributed by atoms with Crippen LogP contribution in [-0.2, 0) is 10.0 Å². The maximum absolute atomic E-state index is 12.3. The molecule has 0 heterocycles. The standard InChI is InChI=1S/C11H12Br2N2O2S/c1-8-6-10(13)11(7-9(8)12)18(16,17)15(2)5-3-4-14/h6-7H,3,5H2,1-2H3. The van der Waals surface area contributed by atoms with Crippen molar-refractivity contribution >= 4 is 41.9 Å². The molecule has 1 rings (SSSR count). The summed E-state index contributed by atoms with van der Waals surface area (Å²) in [7, 11) is -2.11. The second-order valence-corrected chi connectivity index (χ2v) is 7.49. The van der Waals surface area contributed by atoms with Crippen molar-refractivity contribution in [1.29, 1.82) is 5.26 Å². The van der Waals surface area contributed by atoms with E-state index in [1.807, 2.05) is 13.0 Å². The molecule has 0 fully saturated rings. The average Bonchev–Trinajstić information content (AvgIpc) is 2.30. The fourth-order valence-electron chi connectivity index (χ4n) is 1.32. The van der Waals surface area contributed by atoms with Crippen LogP contribution >= 0.6 is 31.9 Å². The minimum absolute atomic E-state index is 0.167. The molecule has 7 heteroatoms. The number of sulfonamides is 1. The predicted molar refractivity (Wildman–Crippen MR) is 76.6 cm³/mol. The second-order valence-electron chi connectivity index (χ2n) is 3.77. The molecule has 0 radical (unpaired) electrons. The van der Waals surface area contributed by atoms with Crippen LogP contribution in [0.5, 0.6) is 0 Å². The Hall–Kier alpha value is -0.420. The molecular weight excluding hydrogens is 384 g/mol. The molecule has 1 aromatic carbocycles. The van der Waals surface area contributed by atoms with E-state index in [9.17, 15) is 8.42 Å². The smallest absolute Gasteiger partial charge is 0.207 e. The zero-order chi connectivity index (χ0) is 13.9. The number of hydrogen-bond donors (Lipinski definition) is 0. The average molecular weight is 396 g/mol. The molecule has 98 valence electrons. The van der Waals surface area contributed by atoms with Crippen LogP contribution in [0.15, 0.2) is 26.0 Å². The molecular formula is C11H12Br2N2O2S. The number of aryl methyl sites for hydroxylation is 1. The minimum Gasteiger partial charge on any atom is -0.207 e. The summed E-state index contributed by atoms with van der Waals surface area (Å²) in [4.78, 5) is 0.195. The van der Waals surface area contributed by atoms with E-state index in [0.717, 1.165) is 10.0 Å². The van der Waals surface area contributed by atoms with Crippen molar-refractivity contribution in [3.63, 3.8) is 0 Å². The van der Waals surface area contributed by atoms with Crippen molar-refractivity contribution < 1.29 is 8.42 Å². The fraction of sp³-hybridized carbons (Fsp3) is 0.364. The van der Waals surface area contributed by atoms with E-state index in [4.69, 9.17) is 5.26 Å². The van der Waals surface area contributed by atoms with Gasteiger partial charge in [0.1, 0.15) is 0 Å². The van der Waals surface area contributed by atoms with Gasteiger partial charge in [0.2, 0.25) is 10.0 Å². The van der Waals surface area contributed by atoms with E-state index in [2.05, 4.69) is 31.9 Å². The van der Waals surface area contributed by atoms with Crippen molar-refractivity contribution in [2.75, 3.05) is 13.6 Å². The lowest BCUT2D eigenvalue weighted by molar-refractivity contribution is 0.476. The third-order valence-electron chi connectivity index (χ3n) is 2.44. The molecule has 0 saturated heterocycles. The summed E-state index contributed by atoms with van der Waals surface area (Å²) in [6.45, 7) is 2.06. The third-order valence-corrected chi connectivity index (χ3v) is 6.11. The van der Waals surface area contributed by atoms with Crippen molar-refractivity contribution in [2.24, 2.45) is 0 Å². The lowest BCUT2D eigenvalue weighted by Gasteiger charge is -2.17. The Bertz CT molecular complexity index is 594. The SMILES string of the molecule is Cc1cc(Br)c(S(=O)(=O)N(C)CCC#N)cc1Br. The van der Waals surface area contributed by atoms with Crippen LogP contribution in [0.1, 0.15) is 12.0 Å². The molecule has 0 aromatic heterocycles. The van der Waals surface area contributed by atoms with Gasteiger partial charge in [-0.05, 0) is 40.5 Å². The zero-order valence-corrected chi connectivity index (χ0v) is 13.9. The number of nitrogens with zero attached hydrogens (tertiary/aromatic N) is 2. The Morgan fingerprint density at radius 2 is 1.94 bits per heavy atom. The van der Waals surface area contributed by atoms with Gasteiger partial charge in [0.15, 0.2) is 0 Å². The molecule has 0 unspecified atom stereocenters. The highest BCUT2D eigenvalue weighted by molar-refractivity contribution is 9.11. The molecule has 18 heavy (non-hydrogen) atoms. The van der Waals surface area contributed by atoms with Gasteiger partial charge in [-0.25, -0.2) is 8.42 Å². The molecule has 0 bridgehead atoms. The first-order valence-electron chi connectivity index (χ1n) is 5.09. The Balaban J connectivity index is 3.21. The first-order valence-corrected chi connectivity index (χ1v) is 8.12.